The monoisotopic (exact) mass is 625 g/mol. The number of pyridine rings is 1. The third-order valence-corrected chi connectivity index (χ3v) is 9.22. The summed E-state index contributed by atoms with van der Waals surface area (Å²) >= 11 is 14.0. The minimum Gasteiger partial charge on any atom is -0.481 e. The van der Waals surface area contributed by atoms with Gasteiger partial charge in [0, 0.05) is 51.7 Å². The normalized spacial score (nSPS) is 18.9. The number of hydrogen-bond donors (Lipinski definition) is 2. The SMILES string of the molecule is COc1nc(-c2cccc(-c3cccc(B4OC(C)(C)C(C)(C)O4)c3Cl)c2Cl)ccc1CN(C[C@@H]1CCC(=O)N1)C(=O)O. The second kappa shape index (κ2) is 12.0. The van der Waals surface area contributed by atoms with Gasteiger partial charge in [0.15, 0.2) is 0 Å². The maximum absolute atomic E-state index is 12.0. The molecule has 226 valence electrons. The summed E-state index contributed by atoms with van der Waals surface area (Å²) in [6, 6.07) is 14.6. The van der Waals surface area contributed by atoms with Crippen LogP contribution in [0.25, 0.3) is 22.4 Å². The molecule has 0 aliphatic carbocycles. The molecule has 2 aromatic carbocycles. The molecule has 0 unspecified atom stereocenters. The molecule has 43 heavy (non-hydrogen) atoms. The van der Waals surface area contributed by atoms with Crippen LogP contribution in [0.2, 0.25) is 10.0 Å². The standard InChI is InChI=1S/C31H34BCl2N3O6/c1-30(2)31(3,4)43-32(42-30)23-11-7-9-21(27(23)34)20-8-6-10-22(26(20)33)24-14-12-18(28(36-24)41-5)16-37(29(39)40)17-19-13-15-25(38)35-19/h6-12,14,19H,13,15-17H2,1-5H3,(H,35,38)(H,39,40)/t19-/m0/s1. The molecule has 3 heterocycles. The zero-order chi connectivity index (χ0) is 31.1. The number of methoxy groups -OCH3 is 1. The van der Waals surface area contributed by atoms with Crippen molar-refractivity contribution in [1.29, 1.82) is 0 Å². The van der Waals surface area contributed by atoms with Crippen molar-refractivity contribution < 1.29 is 28.7 Å². The second-order valence-corrected chi connectivity index (χ2v) is 12.6. The Balaban J connectivity index is 1.44. The van der Waals surface area contributed by atoms with Gasteiger partial charge in [0.2, 0.25) is 11.8 Å². The summed E-state index contributed by atoms with van der Waals surface area (Å²) < 4.78 is 18.0. The number of amides is 2. The molecule has 2 fully saturated rings. The first-order valence-corrected chi connectivity index (χ1v) is 14.8. The summed E-state index contributed by atoms with van der Waals surface area (Å²) in [4.78, 5) is 29.5. The van der Waals surface area contributed by atoms with E-state index in [-0.39, 0.29) is 30.9 Å². The summed E-state index contributed by atoms with van der Waals surface area (Å²) in [5.74, 6) is 0.209. The largest absolute Gasteiger partial charge is 0.496 e. The first kappa shape index (κ1) is 31.1. The average Bonchev–Trinajstić information content (AvgIpc) is 3.46. The highest BCUT2D eigenvalue weighted by Gasteiger charge is 2.52. The molecule has 5 rings (SSSR count). The summed E-state index contributed by atoms with van der Waals surface area (Å²) in [6.45, 7) is 8.19. The number of carbonyl (C=O) groups excluding carboxylic acids is 1. The van der Waals surface area contributed by atoms with E-state index in [1.54, 1.807) is 12.1 Å². The number of nitrogens with one attached hydrogen (secondary N) is 1. The molecular weight excluding hydrogens is 592 g/mol. The third-order valence-electron chi connectivity index (χ3n) is 8.39. The smallest absolute Gasteiger partial charge is 0.481 e. The molecular formula is C31H34BCl2N3O6. The Morgan fingerprint density at radius 1 is 1.05 bits per heavy atom. The van der Waals surface area contributed by atoms with E-state index in [0.717, 1.165) is 5.56 Å². The van der Waals surface area contributed by atoms with Crippen molar-refractivity contribution in [3.63, 3.8) is 0 Å². The average molecular weight is 626 g/mol. The van der Waals surface area contributed by atoms with Gasteiger partial charge in [-0.1, -0.05) is 59.6 Å². The van der Waals surface area contributed by atoms with Crippen LogP contribution < -0.4 is 15.5 Å². The van der Waals surface area contributed by atoms with Crippen molar-refractivity contribution in [3.05, 3.63) is 64.1 Å². The van der Waals surface area contributed by atoms with Crippen LogP contribution in [-0.4, -0.2) is 65.0 Å². The molecule has 2 saturated heterocycles. The van der Waals surface area contributed by atoms with Crippen LogP contribution >= 0.6 is 23.2 Å². The van der Waals surface area contributed by atoms with Gasteiger partial charge >= 0.3 is 13.2 Å². The van der Waals surface area contributed by atoms with E-state index in [9.17, 15) is 14.7 Å². The highest BCUT2D eigenvalue weighted by molar-refractivity contribution is 6.66. The fourth-order valence-electron chi connectivity index (χ4n) is 5.26. The fourth-order valence-corrected chi connectivity index (χ4v) is 5.90. The van der Waals surface area contributed by atoms with E-state index < -0.39 is 24.4 Å². The molecule has 0 radical (unpaired) electrons. The first-order valence-electron chi connectivity index (χ1n) is 14.1. The Bertz CT molecular complexity index is 1550. The predicted octanol–water partition coefficient (Wildman–Crippen LogP) is 5.79. The molecule has 0 spiro atoms. The number of hydrogen-bond acceptors (Lipinski definition) is 6. The lowest BCUT2D eigenvalue weighted by Gasteiger charge is -2.32. The van der Waals surface area contributed by atoms with Crippen LogP contribution in [0.1, 0.15) is 46.1 Å². The number of nitrogens with zero attached hydrogens (tertiary/aromatic N) is 2. The van der Waals surface area contributed by atoms with Crippen LogP contribution in [0.15, 0.2) is 48.5 Å². The van der Waals surface area contributed by atoms with Gasteiger partial charge in [0.1, 0.15) is 0 Å². The van der Waals surface area contributed by atoms with E-state index >= 15 is 0 Å². The Morgan fingerprint density at radius 2 is 1.67 bits per heavy atom. The van der Waals surface area contributed by atoms with Crippen LogP contribution in [0, 0.1) is 0 Å². The lowest BCUT2D eigenvalue weighted by molar-refractivity contribution is -0.119. The number of carboxylic acid groups (broad SMARTS) is 1. The van der Waals surface area contributed by atoms with Gasteiger partial charge in [-0.25, -0.2) is 9.78 Å². The van der Waals surface area contributed by atoms with E-state index in [2.05, 4.69) is 10.3 Å². The zero-order valence-corrected chi connectivity index (χ0v) is 26.3. The van der Waals surface area contributed by atoms with Gasteiger partial charge in [0.05, 0.1) is 35.6 Å². The maximum Gasteiger partial charge on any atom is 0.496 e. The van der Waals surface area contributed by atoms with Crippen molar-refractivity contribution in [1.82, 2.24) is 15.2 Å². The molecule has 2 aliphatic heterocycles. The molecule has 0 bridgehead atoms. The topological polar surface area (TPSA) is 110 Å². The van der Waals surface area contributed by atoms with Crippen molar-refractivity contribution >= 4 is 47.8 Å². The maximum atomic E-state index is 12.0. The van der Waals surface area contributed by atoms with E-state index in [4.69, 9.17) is 37.2 Å². The Morgan fingerprint density at radius 3 is 2.28 bits per heavy atom. The first-order chi connectivity index (χ1) is 20.3. The van der Waals surface area contributed by atoms with Crippen LogP contribution in [-0.2, 0) is 20.6 Å². The number of benzene rings is 2. The summed E-state index contributed by atoms with van der Waals surface area (Å²) in [6.07, 6.45) is -0.108. The molecule has 2 amide bonds. The fraction of sp³-hybridized carbons (Fsp3) is 0.387. The van der Waals surface area contributed by atoms with Gasteiger partial charge in [0.25, 0.3) is 0 Å². The quantitative estimate of drug-likeness (QED) is 0.305. The number of carbonyl (C=O) groups is 2. The van der Waals surface area contributed by atoms with Gasteiger partial charge in [-0.15, -0.1) is 0 Å². The third kappa shape index (κ3) is 6.20. The highest BCUT2D eigenvalue weighted by Crippen LogP contribution is 2.41. The van der Waals surface area contributed by atoms with Crippen molar-refractivity contribution in [3.8, 4) is 28.3 Å². The number of aromatic nitrogens is 1. The van der Waals surface area contributed by atoms with Crippen molar-refractivity contribution in [2.45, 2.75) is 64.3 Å². The Kier molecular flexibility index (Phi) is 8.69. The summed E-state index contributed by atoms with van der Waals surface area (Å²) in [7, 11) is 0.852. The van der Waals surface area contributed by atoms with Crippen molar-refractivity contribution in [2.24, 2.45) is 0 Å². The minimum atomic E-state index is -1.09. The Hall–Kier alpha value is -3.31. The number of rotatable bonds is 8. The molecule has 0 saturated carbocycles. The van der Waals surface area contributed by atoms with Crippen molar-refractivity contribution in [2.75, 3.05) is 13.7 Å². The zero-order valence-electron chi connectivity index (χ0n) is 24.7. The van der Waals surface area contributed by atoms with Crippen LogP contribution in [0.3, 0.4) is 0 Å². The van der Waals surface area contributed by atoms with Gasteiger partial charge in [-0.2, -0.15) is 0 Å². The lowest BCUT2D eigenvalue weighted by atomic mass is 9.77. The summed E-state index contributed by atoms with van der Waals surface area (Å²) in [5.41, 5.74) is 2.91. The molecule has 1 atom stereocenters. The molecule has 2 N–H and O–H groups in total. The molecule has 3 aromatic rings. The molecule has 9 nitrogen and oxygen atoms in total. The molecule has 2 aliphatic rings. The van der Waals surface area contributed by atoms with Gasteiger partial charge in [-0.05, 0) is 46.2 Å². The lowest BCUT2D eigenvalue weighted by Crippen LogP contribution is -2.41. The van der Waals surface area contributed by atoms with E-state index in [1.807, 2.05) is 64.1 Å². The number of ether oxygens (including phenoxy) is 1. The Labute approximate surface area is 261 Å². The highest BCUT2D eigenvalue weighted by atomic mass is 35.5. The number of halogens is 2. The van der Waals surface area contributed by atoms with E-state index in [0.29, 0.717) is 50.7 Å². The molecule has 12 heteroatoms. The van der Waals surface area contributed by atoms with Gasteiger partial charge < -0.3 is 29.4 Å². The minimum absolute atomic E-state index is 0.0489. The molecule has 1 aromatic heterocycles. The van der Waals surface area contributed by atoms with E-state index in [1.165, 1.54) is 12.0 Å². The van der Waals surface area contributed by atoms with Crippen LogP contribution in [0.4, 0.5) is 4.79 Å². The second-order valence-electron chi connectivity index (χ2n) is 11.8. The van der Waals surface area contributed by atoms with Crippen LogP contribution in [0.5, 0.6) is 5.88 Å². The summed E-state index contributed by atoms with van der Waals surface area (Å²) in [5, 5.41) is 13.5. The predicted molar refractivity (Wildman–Crippen MR) is 167 cm³/mol. The van der Waals surface area contributed by atoms with Gasteiger partial charge in [-0.3, -0.25) is 4.79 Å².